The lowest BCUT2D eigenvalue weighted by Gasteiger charge is -2.29. The molecule has 1 aromatic heterocycles. The molecule has 3 rings (SSSR count). The number of likely N-dealkylation sites (tertiary alicyclic amines) is 2. The molecule has 1 atom stereocenters. The van der Waals surface area contributed by atoms with Gasteiger partial charge in [0.2, 0.25) is 5.91 Å². The van der Waals surface area contributed by atoms with Gasteiger partial charge in [0.1, 0.15) is 6.54 Å². The number of nitrogens with zero attached hydrogens (tertiary/aromatic N) is 7. The minimum Gasteiger partial charge on any atom is -0.339 e. The van der Waals surface area contributed by atoms with Gasteiger partial charge in [-0.3, -0.25) is 9.69 Å². The van der Waals surface area contributed by atoms with Crippen molar-refractivity contribution in [3.63, 3.8) is 0 Å². The number of carbonyl (C=O) groups is 1. The van der Waals surface area contributed by atoms with Gasteiger partial charge in [-0.2, -0.15) is 0 Å². The zero-order chi connectivity index (χ0) is 17.1. The first-order valence-electron chi connectivity index (χ1n) is 8.94. The molecule has 8 heteroatoms. The summed E-state index contributed by atoms with van der Waals surface area (Å²) in [5, 5.41) is 11.9. The number of piperidine rings is 1. The van der Waals surface area contributed by atoms with Gasteiger partial charge in [-0.05, 0) is 62.8 Å². The van der Waals surface area contributed by atoms with Crippen LogP contribution in [0.25, 0.3) is 0 Å². The van der Waals surface area contributed by atoms with Crippen molar-refractivity contribution in [2.45, 2.75) is 45.3 Å². The number of hydrogen-bond acceptors (Lipinski definition) is 6. The molecule has 8 nitrogen and oxygen atoms in total. The molecule has 0 N–H and O–H groups in total. The number of aromatic nitrogens is 4. The highest BCUT2D eigenvalue weighted by Crippen LogP contribution is 2.18. The highest BCUT2D eigenvalue weighted by molar-refractivity contribution is 5.76. The molecule has 0 bridgehead atoms. The summed E-state index contributed by atoms with van der Waals surface area (Å²) in [6.07, 6.45) is 3.48. The molecule has 134 valence electrons. The summed E-state index contributed by atoms with van der Waals surface area (Å²) in [5.74, 6) is 1.71. The SMILES string of the molecule is CC1CCN(Cc2nnnn2CC(=O)N2CC[C@H](N(C)C)C2)CC1. The van der Waals surface area contributed by atoms with Crippen LogP contribution in [0, 0.1) is 5.92 Å². The van der Waals surface area contributed by atoms with Crippen molar-refractivity contribution < 1.29 is 4.79 Å². The second-order valence-electron chi connectivity index (χ2n) is 7.46. The Morgan fingerprint density at radius 2 is 1.96 bits per heavy atom. The van der Waals surface area contributed by atoms with Crippen molar-refractivity contribution in [1.29, 1.82) is 0 Å². The van der Waals surface area contributed by atoms with E-state index >= 15 is 0 Å². The molecule has 1 aromatic rings. The number of rotatable bonds is 5. The summed E-state index contributed by atoms with van der Waals surface area (Å²) >= 11 is 0. The minimum absolute atomic E-state index is 0.111. The molecule has 0 radical (unpaired) electrons. The first-order chi connectivity index (χ1) is 11.5. The fourth-order valence-corrected chi connectivity index (χ4v) is 3.50. The van der Waals surface area contributed by atoms with E-state index in [1.54, 1.807) is 4.68 Å². The van der Waals surface area contributed by atoms with E-state index in [0.29, 0.717) is 6.04 Å². The monoisotopic (exact) mass is 335 g/mol. The summed E-state index contributed by atoms with van der Waals surface area (Å²) in [6, 6.07) is 0.456. The lowest BCUT2D eigenvalue weighted by atomic mass is 9.99. The van der Waals surface area contributed by atoms with E-state index in [-0.39, 0.29) is 12.5 Å². The van der Waals surface area contributed by atoms with Crippen LogP contribution >= 0.6 is 0 Å². The maximum absolute atomic E-state index is 12.5. The highest BCUT2D eigenvalue weighted by atomic mass is 16.2. The maximum atomic E-state index is 12.5. The van der Waals surface area contributed by atoms with Gasteiger partial charge in [0.05, 0.1) is 6.54 Å². The molecule has 2 aliphatic heterocycles. The molecule has 0 spiro atoms. The largest absolute Gasteiger partial charge is 0.339 e. The van der Waals surface area contributed by atoms with Crippen molar-refractivity contribution in [3.8, 4) is 0 Å². The van der Waals surface area contributed by atoms with E-state index in [2.05, 4.69) is 46.3 Å². The smallest absolute Gasteiger partial charge is 0.244 e. The number of carbonyl (C=O) groups excluding carboxylic acids is 1. The molecule has 0 aliphatic carbocycles. The van der Waals surface area contributed by atoms with Crippen molar-refractivity contribution in [3.05, 3.63) is 5.82 Å². The van der Waals surface area contributed by atoms with Gasteiger partial charge in [0.25, 0.3) is 0 Å². The Labute approximate surface area is 143 Å². The Morgan fingerprint density at radius 1 is 1.21 bits per heavy atom. The van der Waals surface area contributed by atoms with Gasteiger partial charge in [-0.1, -0.05) is 6.92 Å². The molecule has 0 saturated carbocycles. The van der Waals surface area contributed by atoms with E-state index in [1.165, 1.54) is 12.8 Å². The van der Waals surface area contributed by atoms with Crippen LogP contribution in [0.5, 0.6) is 0 Å². The Kier molecular flexibility index (Phi) is 5.45. The lowest BCUT2D eigenvalue weighted by Crippen LogP contribution is -2.37. The fraction of sp³-hybridized carbons (Fsp3) is 0.875. The Bertz CT molecular complexity index is 550. The Morgan fingerprint density at radius 3 is 2.62 bits per heavy atom. The summed E-state index contributed by atoms with van der Waals surface area (Å²) in [6.45, 7) is 7.06. The minimum atomic E-state index is 0.111. The van der Waals surface area contributed by atoms with E-state index < -0.39 is 0 Å². The fourth-order valence-electron chi connectivity index (χ4n) is 3.50. The average Bonchev–Trinajstić information content (AvgIpc) is 3.19. The summed E-state index contributed by atoms with van der Waals surface area (Å²) in [5.41, 5.74) is 0. The second-order valence-corrected chi connectivity index (χ2v) is 7.46. The molecular formula is C16H29N7O. The topological polar surface area (TPSA) is 70.4 Å². The number of hydrogen-bond donors (Lipinski definition) is 0. The molecular weight excluding hydrogens is 306 g/mol. The van der Waals surface area contributed by atoms with Crippen molar-refractivity contribution in [2.24, 2.45) is 5.92 Å². The van der Waals surface area contributed by atoms with Crippen molar-refractivity contribution in [2.75, 3.05) is 40.3 Å². The molecule has 2 saturated heterocycles. The summed E-state index contributed by atoms with van der Waals surface area (Å²) in [4.78, 5) is 19.0. The van der Waals surface area contributed by atoms with Gasteiger partial charge >= 0.3 is 0 Å². The quantitative estimate of drug-likeness (QED) is 0.758. The van der Waals surface area contributed by atoms with Crippen LogP contribution in [0.1, 0.15) is 32.0 Å². The highest BCUT2D eigenvalue weighted by Gasteiger charge is 2.28. The van der Waals surface area contributed by atoms with Gasteiger partial charge in [0.15, 0.2) is 5.82 Å². The molecule has 3 heterocycles. The maximum Gasteiger partial charge on any atom is 0.244 e. The number of likely N-dealkylation sites (N-methyl/N-ethyl adjacent to an activating group) is 1. The van der Waals surface area contributed by atoms with Gasteiger partial charge in [0, 0.05) is 19.1 Å². The van der Waals surface area contributed by atoms with Crippen LogP contribution in [-0.2, 0) is 17.9 Å². The van der Waals surface area contributed by atoms with Crippen LogP contribution in [0.4, 0.5) is 0 Å². The molecule has 2 fully saturated rings. The predicted molar refractivity (Wildman–Crippen MR) is 90.2 cm³/mol. The van der Waals surface area contributed by atoms with E-state index in [1.807, 2.05) is 4.90 Å². The van der Waals surface area contributed by atoms with Crippen LogP contribution in [0.2, 0.25) is 0 Å². The van der Waals surface area contributed by atoms with E-state index in [0.717, 1.165) is 50.9 Å². The average molecular weight is 335 g/mol. The predicted octanol–water partition coefficient (Wildman–Crippen LogP) is 0.0675. The van der Waals surface area contributed by atoms with Crippen LogP contribution in [0.3, 0.4) is 0 Å². The first-order valence-corrected chi connectivity index (χ1v) is 8.94. The summed E-state index contributed by atoms with van der Waals surface area (Å²) < 4.78 is 1.67. The zero-order valence-electron chi connectivity index (χ0n) is 15.1. The third-order valence-electron chi connectivity index (χ3n) is 5.38. The Hall–Kier alpha value is -1.54. The Balaban J connectivity index is 1.54. The molecule has 0 unspecified atom stereocenters. The molecule has 0 aromatic carbocycles. The third-order valence-corrected chi connectivity index (χ3v) is 5.38. The normalized spacial score (nSPS) is 23.3. The number of tetrazole rings is 1. The standard InChI is InChI=1S/C16H29N7O/c1-13-4-7-21(8-5-13)11-15-17-18-19-23(15)12-16(24)22-9-6-14(10-22)20(2)3/h13-14H,4-12H2,1-3H3/t14-/m0/s1. The van der Waals surface area contributed by atoms with Gasteiger partial charge in [-0.25, -0.2) is 4.68 Å². The zero-order valence-corrected chi connectivity index (χ0v) is 15.1. The molecule has 24 heavy (non-hydrogen) atoms. The first kappa shape index (κ1) is 17.3. The van der Waals surface area contributed by atoms with Gasteiger partial charge < -0.3 is 9.80 Å². The second kappa shape index (κ2) is 7.57. The third kappa shape index (κ3) is 4.10. The summed E-state index contributed by atoms with van der Waals surface area (Å²) in [7, 11) is 4.13. The molecule has 2 aliphatic rings. The van der Waals surface area contributed by atoms with Crippen LogP contribution < -0.4 is 0 Å². The van der Waals surface area contributed by atoms with E-state index in [9.17, 15) is 4.79 Å². The van der Waals surface area contributed by atoms with Crippen LogP contribution in [0.15, 0.2) is 0 Å². The van der Waals surface area contributed by atoms with Crippen molar-refractivity contribution >= 4 is 5.91 Å². The van der Waals surface area contributed by atoms with Gasteiger partial charge in [-0.15, -0.1) is 5.10 Å². The molecule has 1 amide bonds. The number of amides is 1. The lowest BCUT2D eigenvalue weighted by molar-refractivity contribution is -0.131. The van der Waals surface area contributed by atoms with Crippen LogP contribution in [-0.4, -0.2) is 87.1 Å². The van der Waals surface area contributed by atoms with E-state index in [4.69, 9.17) is 0 Å². The van der Waals surface area contributed by atoms with Crippen molar-refractivity contribution in [1.82, 2.24) is 34.9 Å².